The molecule has 0 heterocycles. The number of methoxy groups -OCH3 is 2. The van der Waals surface area contributed by atoms with Gasteiger partial charge in [0.2, 0.25) is 10.0 Å². The van der Waals surface area contributed by atoms with E-state index in [1.165, 1.54) is 25.3 Å². The normalized spacial score (nSPS) is 11.1. The topological polar surface area (TPSA) is 90.9 Å². The van der Waals surface area contributed by atoms with Gasteiger partial charge in [-0.2, -0.15) is 0 Å². The molecular weight excluding hydrogens is 394 g/mol. The Hall–Kier alpha value is -2.29. The van der Waals surface area contributed by atoms with Crippen LogP contribution in [-0.4, -0.2) is 41.8 Å². The Morgan fingerprint density at radius 1 is 1.11 bits per heavy atom. The van der Waals surface area contributed by atoms with E-state index in [1.54, 1.807) is 7.11 Å². The Kier molecular flexibility index (Phi) is 7.46. The lowest BCUT2D eigenvalue weighted by atomic mass is 10.1. The molecule has 0 radical (unpaired) electrons. The Bertz CT molecular complexity index is 883. The summed E-state index contributed by atoms with van der Waals surface area (Å²) in [7, 11) is -0.905. The SMILES string of the molecule is COC(=O)COc1ccc(S(=O)(=O)NCCc2ccc(OC)cc2)cc1Cl. The van der Waals surface area contributed by atoms with Crippen molar-refractivity contribution in [2.75, 3.05) is 27.4 Å². The molecule has 2 aromatic rings. The number of carbonyl (C=O) groups excluding carboxylic acids is 1. The molecule has 0 saturated heterocycles. The monoisotopic (exact) mass is 413 g/mol. The molecule has 1 N–H and O–H groups in total. The zero-order valence-electron chi connectivity index (χ0n) is 14.9. The molecular formula is C18H20ClNO6S. The maximum atomic E-state index is 12.4. The van der Waals surface area contributed by atoms with Crippen molar-refractivity contribution in [1.82, 2.24) is 4.72 Å². The van der Waals surface area contributed by atoms with Crippen LogP contribution in [-0.2, 0) is 26.0 Å². The van der Waals surface area contributed by atoms with Gasteiger partial charge < -0.3 is 14.2 Å². The standard InChI is InChI=1S/C18H20ClNO6S/c1-24-14-5-3-13(4-6-14)9-10-20-27(22,23)15-7-8-17(16(19)11-15)26-12-18(21)25-2/h3-8,11,20H,9-10,12H2,1-2H3. The first-order valence-corrected chi connectivity index (χ1v) is 9.83. The van der Waals surface area contributed by atoms with Crippen molar-refractivity contribution in [2.24, 2.45) is 0 Å². The van der Waals surface area contributed by atoms with Crippen molar-refractivity contribution in [2.45, 2.75) is 11.3 Å². The molecule has 2 rings (SSSR count). The minimum absolute atomic E-state index is 0.00708. The first kappa shape index (κ1) is 21.0. The zero-order valence-corrected chi connectivity index (χ0v) is 16.5. The molecule has 0 amide bonds. The van der Waals surface area contributed by atoms with Gasteiger partial charge in [-0.15, -0.1) is 0 Å². The second-order valence-electron chi connectivity index (χ2n) is 5.45. The van der Waals surface area contributed by atoms with E-state index in [0.29, 0.717) is 6.42 Å². The van der Waals surface area contributed by atoms with Crippen LogP contribution in [0.25, 0.3) is 0 Å². The lowest BCUT2D eigenvalue weighted by Gasteiger charge is -2.10. The van der Waals surface area contributed by atoms with Crippen LogP contribution in [0.5, 0.6) is 11.5 Å². The van der Waals surface area contributed by atoms with Crippen molar-refractivity contribution in [3.8, 4) is 11.5 Å². The number of halogens is 1. The van der Waals surface area contributed by atoms with Crippen LogP contribution >= 0.6 is 11.6 Å². The number of benzene rings is 2. The molecule has 0 aliphatic heterocycles. The molecule has 0 bridgehead atoms. The molecule has 146 valence electrons. The van der Waals surface area contributed by atoms with E-state index < -0.39 is 16.0 Å². The third-order valence-corrected chi connectivity index (χ3v) is 5.41. The number of esters is 1. The molecule has 0 aromatic heterocycles. The average Bonchev–Trinajstić information content (AvgIpc) is 2.67. The molecule has 0 aliphatic carbocycles. The van der Waals surface area contributed by atoms with Gasteiger partial charge in [-0.3, -0.25) is 0 Å². The summed E-state index contributed by atoms with van der Waals surface area (Å²) in [5.41, 5.74) is 0.975. The number of sulfonamides is 1. The summed E-state index contributed by atoms with van der Waals surface area (Å²) >= 11 is 6.04. The quantitative estimate of drug-likeness (QED) is 0.635. The fraction of sp³-hybridized carbons (Fsp3) is 0.278. The molecule has 27 heavy (non-hydrogen) atoms. The Labute approximate surface area is 163 Å². The van der Waals surface area contributed by atoms with Gasteiger partial charge in [0.15, 0.2) is 6.61 Å². The maximum Gasteiger partial charge on any atom is 0.343 e. The predicted molar refractivity (Wildman–Crippen MR) is 101 cm³/mol. The minimum atomic E-state index is -3.72. The van der Waals surface area contributed by atoms with E-state index in [4.69, 9.17) is 21.1 Å². The van der Waals surface area contributed by atoms with E-state index in [0.717, 1.165) is 11.3 Å². The van der Waals surface area contributed by atoms with Crippen LogP contribution in [0.2, 0.25) is 5.02 Å². The molecule has 0 atom stereocenters. The third-order valence-electron chi connectivity index (χ3n) is 3.65. The highest BCUT2D eigenvalue weighted by atomic mass is 35.5. The summed E-state index contributed by atoms with van der Waals surface area (Å²) in [6.45, 7) is -0.0880. The van der Waals surface area contributed by atoms with Gasteiger partial charge in [-0.25, -0.2) is 17.9 Å². The number of hydrogen-bond acceptors (Lipinski definition) is 6. The maximum absolute atomic E-state index is 12.4. The van der Waals surface area contributed by atoms with E-state index in [1.807, 2.05) is 24.3 Å². The number of nitrogens with one attached hydrogen (secondary N) is 1. The van der Waals surface area contributed by atoms with E-state index >= 15 is 0 Å². The van der Waals surface area contributed by atoms with Gasteiger partial charge in [0.25, 0.3) is 0 Å². The van der Waals surface area contributed by atoms with Gasteiger partial charge in [-0.05, 0) is 42.3 Å². The first-order valence-electron chi connectivity index (χ1n) is 7.97. The summed E-state index contributed by atoms with van der Waals surface area (Å²) in [5.74, 6) is 0.366. The zero-order chi connectivity index (χ0) is 19.9. The summed E-state index contributed by atoms with van der Waals surface area (Å²) < 4.78 is 42.0. The largest absolute Gasteiger partial charge is 0.497 e. The van der Waals surface area contributed by atoms with Crippen LogP contribution in [0.15, 0.2) is 47.4 Å². The van der Waals surface area contributed by atoms with Gasteiger partial charge in [0, 0.05) is 6.54 Å². The highest BCUT2D eigenvalue weighted by Crippen LogP contribution is 2.27. The second kappa shape index (κ2) is 9.59. The van der Waals surface area contributed by atoms with Gasteiger partial charge in [0.05, 0.1) is 24.1 Å². The molecule has 7 nitrogen and oxygen atoms in total. The number of rotatable bonds is 9. The lowest BCUT2D eigenvalue weighted by molar-refractivity contribution is -0.142. The molecule has 2 aromatic carbocycles. The van der Waals surface area contributed by atoms with Crippen LogP contribution in [0.1, 0.15) is 5.56 Å². The molecule has 9 heteroatoms. The molecule has 0 aliphatic rings. The van der Waals surface area contributed by atoms with E-state index in [9.17, 15) is 13.2 Å². The van der Waals surface area contributed by atoms with Crippen molar-refractivity contribution < 1.29 is 27.4 Å². The number of hydrogen-bond donors (Lipinski definition) is 1. The summed E-state index contributed by atoms with van der Waals surface area (Å²) in [6, 6.07) is 11.4. The lowest BCUT2D eigenvalue weighted by Crippen LogP contribution is -2.26. The fourth-order valence-electron chi connectivity index (χ4n) is 2.17. The molecule has 0 unspecified atom stereocenters. The molecule has 0 spiro atoms. The smallest absolute Gasteiger partial charge is 0.343 e. The Balaban J connectivity index is 1.96. The average molecular weight is 414 g/mol. The Morgan fingerprint density at radius 3 is 2.41 bits per heavy atom. The van der Waals surface area contributed by atoms with Crippen molar-refractivity contribution in [3.63, 3.8) is 0 Å². The van der Waals surface area contributed by atoms with Crippen LogP contribution in [0.3, 0.4) is 0 Å². The highest BCUT2D eigenvalue weighted by Gasteiger charge is 2.16. The van der Waals surface area contributed by atoms with Crippen molar-refractivity contribution in [1.29, 1.82) is 0 Å². The van der Waals surface area contributed by atoms with Gasteiger partial charge in [-0.1, -0.05) is 23.7 Å². The molecule has 0 saturated carbocycles. The minimum Gasteiger partial charge on any atom is -0.497 e. The van der Waals surface area contributed by atoms with E-state index in [2.05, 4.69) is 9.46 Å². The third kappa shape index (κ3) is 6.13. The van der Waals surface area contributed by atoms with Crippen LogP contribution < -0.4 is 14.2 Å². The van der Waals surface area contributed by atoms with Gasteiger partial charge >= 0.3 is 5.97 Å². The second-order valence-corrected chi connectivity index (χ2v) is 7.63. The summed E-state index contributed by atoms with van der Waals surface area (Å²) in [5, 5.41) is 0.0805. The number of carbonyl (C=O) groups is 1. The van der Waals surface area contributed by atoms with Crippen LogP contribution in [0, 0.1) is 0 Å². The number of ether oxygens (including phenoxy) is 3. The first-order chi connectivity index (χ1) is 12.9. The fourth-order valence-corrected chi connectivity index (χ4v) is 3.52. The molecule has 0 fully saturated rings. The van der Waals surface area contributed by atoms with Crippen LogP contribution in [0.4, 0.5) is 0 Å². The summed E-state index contributed by atoms with van der Waals surface area (Å²) in [6.07, 6.45) is 0.525. The van der Waals surface area contributed by atoms with Crippen molar-refractivity contribution in [3.05, 3.63) is 53.1 Å². The summed E-state index contributed by atoms with van der Waals surface area (Å²) in [4.78, 5) is 11.1. The highest BCUT2D eigenvalue weighted by molar-refractivity contribution is 7.89. The van der Waals surface area contributed by atoms with Crippen molar-refractivity contribution >= 4 is 27.6 Å². The van der Waals surface area contributed by atoms with E-state index in [-0.39, 0.29) is 28.8 Å². The van der Waals surface area contributed by atoms with Gasteiger partial charge in [0.1, 0.15) is 11.5 Å². The predicted octanol–water partition coefficient (Wildman–Crippen LogP) is 2.42. The Morgan fingerprint density at radius 2 is 1.81 bits per heavy atom.